The van der Waals surface area contributed by atoms with E-state index in [4.69, 9.17) is 0 Å². The molecule has 0 spiro atoms. The van der Waals surface area contributed by atoms with Gasteiger partial charge in [-0.3, -0.25) is 15.4 Å². The van der Waals surface area contributed by atoms with E-state index >= 15 is 0 Å². The Hall–Kier alpha value is -2.71. The number of anilines is 1. The van der Waals surface area contributed by atoms with Gasteiger partial charge >= 0.3 is 11.7 Å². The Balaban J connectivity index is 1.45. The molecule has 2 heterocycles. The van der Waals surface area contributed by atoms with Crippen LogP contribution in [-0.4, -0.2) is 34.7 Å². The molecular formula is C19H26N6O2. The predicted molar refractivity (Wildman–Crippen MR) is 104 cm³/mol. The van der Waals surface area contributed by atoms with E-state index in [-0.39, 0.29) is 11.7 Å². The van der Waals surface area contributed by atoms with Crippen molar-refractivity contribution in [3.63, 3.8) is 0 Å². The molecule has 1 fully saturated rings. The molecule has 2 unspecified atom stereocenters. The highest BCUT2D eigenvalue weighted by Gasteiger charge is 2.21. The van der Waals surface area contributed by atoms with Crippen LogP contribution in [0.5, 0.6) is 0 Å². The molecule has 0 saturated carbocycles. The smallest absolute Gasteiger partial charge is 0.338 e. The van der Waals surface area contributed by atoms with Gasteiger partial charge in [-0.05, 0) is 49.4 Å². The average molecular weight is 370 g/mol. The van der Waals surface area contributed by atoms with Gasteiger partial charge in [0.1, 0.15) is 0 Å². The number of nitrogens with zero attached hydrogens (tertiary/aromatic N) is 2. The zero-order valence-corrected chi connectivity index (χ0v) is 15.4. The van der Waals surface area contributed by atoms with Gasteiger partial charge in [0.2, 0.25) is 0 Å². The fourth-order valence-electron chi connectivity index (χ4n) is 3.19. The highest BCUT2D eigenvalue weighted by molar-refractivity contribution is 5.89. The summed E-state index contributed by atoms with van der Waals surface area (Å²) < 4.78 is 1.52. The van der Waals surface area contributed by atoms with E-state index in [1.54, 1.807) is 12.3 Å². The summed E-state index contributed by atoms with van der Waals surface area (Å²) in [6.07, 6.45) is 5.17. The van der Waals surface area contributed by atoms with Gasteiger partial charge in [-0.2, -0.15) is 0 Å². The van der Waals surface area contributed by atoms with E-state index in [0.29, 0.717) is 30.7 Å². The van der Waals surface area contributed by atoms with Crippen LogP contribution in [0.2, 0.25) is 0 Å². The number of benzene rings is 1. The number of aromatic nitrogens is 2. The molecule has 1 saturated heterocycles. The lowest BCUT2D eigenvalue weighted by molar-refractivity contribution is 0.251. The van der Waals surface area contributed by atoms with Gasteiger partial charge in [-0.15, -0.1) is 0 Å². The molecule has 1 aliphatic heterocycles. The second-order valence-corrected chi connectivity index (χ2v) is 6.83. The number of carbonyl (C=O) groups excluding carboxylic acids is 1. The Morgan fingerprint density at radius 1 is 1.37 bits per heavy atom. The summed E-state index contributed by atoms with van der Waals surface area (Å²) in [6, 6.07) is 9.41. The minimum atomic E-state index is -0.296. The topological polar surface area (TPSA) is 100 Å². The minimum absolute atomic E-state index is 0.221. The second-order valence-electron chi connectivity index (χ2n) is 6.83. The third-order valence-electron chi connectivity index (χ3n) is 4.76. The Morgan fingerprint density at radius 2 is 2.26 bits per heavy atom. The molecular weight excluding hydrogens is 344 g/mol. The van der Waals surface area contributed by atoms with Crippen LogP contribution in [0.4, 0.5) is 10.5 Å². The number of carbonyl (C=O) groups is 1. The van der Waals surface area contributed by atoms with Crippen LogP contribution in [0.15, 0.2) is 47.5 Å². The van der Waals surface area contributed by atoms with E-state index in [1.807, 2.05) is 24.3 Å². The van der Waals surface area contributed by atoms with Crippen LogP contribution in [0.3, 0.4) is 0 Å². The molecule has 2 atom stereocenters. The largest absolute Gasteiger partial charge is 0.347 e. The van der Waals surface area contributed by atoms with Crippen molar-refractivity contribution in [3.8, 4) is 0 Å². The van der Waals surface area contributed by atoms with Crippen LogP contribution in [-0.2, 0) is 6.54 Å². The third kappa shape index (κ3) is 5.63. The molecule has 1 aromatic carbocycles. The fourth-order valence-corrected chi connectivity index (χ4v) is 3.19. The minimum Gasteiger partial charge on any atom is -0.338 e. The monoisotopic (exact) mass is 370 g/mol. The highest BCUT2D eigenvalue weighted by Crippen LogP contribution is 2.14. The quantitative estimate of drug-likeness (QED) is 0.551. The molecule has 1 aliphatic rings. The molecule has 2 amide bonds. The van der Waals surface area contributed by atoms with E-state index in [9.17, 15) is 9.59 Å². The summed E-state index contributed by atoms with van der Waals surface area (Å²) in [5.41, 5.74) is 7.67. The Bertz CT molecular complexity index is 822. The maximum atomic E-state index is 12.1. The van der Waals surface area contributed by atoms with E-state index in [0.717, 1.165) is 24.9 Å². The van der Waals surface area contributed by atoms with Crippen molar-refractivity contribution < 1.29 is 4.79 Å². The van der Waals surface area contributed by atoms with Crippen molar-refractivity contribution in [2.45, 2.75) is 32.4 Å². The Kier molecular flexibility index (Phi) is 6.56. The number of nitrogens with one attached hydrogen (secondary N) is 4. The number of hydrogen-bond donors (Lipinski definition) is 4. The normalized spacial score (nSPS) is 19.0. The first kappa shape index (κ1) is 19.1. The second kappa shape index (κ2) is 9.29. The van der Waals surface area contributed by atoms with Gasteiger partial charge in [0.15, 0.2) is 0 Å². The molecule has 0 bridgehead atoms. The van der Waals surface area contributed by atoms with Crippen molar-refractivity contribution in [1.29, 1.82) is 0 Å². The van der Waals surface area contributed by atoms with E-state index in [2.05, 4.69) is 33.4 Å². The van der Waals surface area contributed by atoms with Gasteiger partial charge in [0.05, 0.1) is 6.54 Å². The first-order chi connectivity index (χ1) is 13.1. The summed E-state index contributed by atoms with van der Waals surface area (Å²) in [6.45, 7) is 4.18. The van der Waals surface area contributed by atoms with Gasteiger partial charge < -0.3 is 10.6 Å². The lowest BCUT2D eigenvalue weighted by Gasteiger charge is -2.14. The fraction of sp³-hybridized carbons (Fsp3) is 0.421. The molecule has 1 aromatic heterocycles. The maximum Gasteiger partial charge on any atom is 0.347 e. The summed E-state index contributed by atoms with van der Waals surface area (Å²) in [4.78, 5) is 27.5. The number of urea groups is 1. The highest BCUT2D eigenvalue weighted by atomic mass is 16.2. The first-order valence-corrected chi connectivity index (χ1v) is 9.25. The molecule has 27 heavy (non-hydrogen) atoms. The molecule has 0 aliphatic carbocycles. The summed E-state index contributed by atoms with van der Waals surface area (Å²) in [5.74, 6) is 0.599. The Morgan fingerprint density at radius 3 is 3.04 bits per heavy atom. The molecule has 4 N–H and O–H groups in total. The van der Waals surface area contributed by atoms with Gasteiger partial charge in [-0.25, -0.2) is 14.6 Å². The van der Waals surface area contributed by atoms with Crippen LogP contribution < -0.4 is 27.2 Å². The summed E-state index contributed by atoms with van der Waals surface area (Å²) in [5, 5.41) is 5.73. The molecule has 8 nitrogen and oxygen atoms in total. The lowest BCUT2D eigenvalue weighted by atomic mass is 9.98. The van der Waals surface area contributed by atoms with E-state index < -0.39 is 0 Å². The number of hydrazine groups is 1. The molecule has 8 heteroatoms. The van der Waals surface area contributed by atoms with Gasteiger partial charge in [0.25, 0.3) is 0 Å². The number of rotatable bonds is 7. The summed E-state index contributed by atoms with van der Waals surface area (Å²) >= 11 is 0. The third-order valence-corrected chi connectivity index (χ3v) is 4.76. The van der Waals surface area contributed by atoms with Crippen molar-refractivity contribution in [3.05, 3.63) is 58.8 Å². The SMILES string of the molecule is CC1NNCC1CCCNC(=O)Nc1cccc(Cn2cccnc2=O)c1. The van der Waals surface area contributed by atoms with Crippen molar-refractivity contribution >= 4 is 11.7 Å². The van der Waals surface area contributed by atoms with Crippen LogP contribution >= 0.6 is 0 Å². The van der Waals surface area contributed by atoms with Crippen molar-refractivity contribution in [1.82, 2.24) is 25.7 Å². The molecule has 0 radical (unpaired) electrons. The number of hydrogen-bond acceptors (Lipinski definition) is 5. The zero-order valence-electron chi connectivity index (χ0n) is 15.4. The van der Waals surface area contributed by atoms with Crippen LogP contribution in [0, 0.1) is 5.92 Å². The van der Waals surface area contributed by atoms with Gasteiger partial charge in [-0.1, -0.05) is 12.1 Å². The average Bonchev–Trinajstić information content (AvgIpc) is 3.06. The first-order valence-electron chi connectivity index (χ1n) is 9.25. The maximum absolute atomic E-state index is 12.1. The zero-order chi connectivity index (χ0) is 19.1. The summed E-state index contributed by atoms with van der Waals surface area (Å²) in [7, 11) is 0. The predicted octanol–water partition coefficient (Wildman–Crippen LogP) is 1.31. The molecule has 3 rings (SSSR count). The standard InChI is InChI=1S/C19H26N6O2/c1-14-16(12-22-24-14)6-3-8-20-18(26)23-17-7-2-5-15(11-17)13-25-10-4-9-21-19(25)27/h2,4-5,7,9-11,14,16,22,24H,3,6,8,12-13H2,1H3,(H2,20,23,26). The van der Waals surface area contributed by atoms with Crippen LogP contribution in [0.1, 0.15) is 25.3 Å². The van der Waals surface area contributed by atoms with Crippen molar-refractivity contribution in [2.75, 3.05) is 18.4 Å². The lowest BCUT2D eigenvalue weighted by Crippen LogP contribution is -2.31. The van der Waals surface area contributed by atoms with Gasteiger partial charge in [0, 0.05) is 37.2 Å². The molecule has 2 aromatic rings. The Labute approximate surface area is 158 Å². The number of amides is 2. The molecule has 144 valence electrons. The van der Waals surface area contributed by atoms with E-state index in [1.165, 1.54) is 10.8 Å². The van der Waals surface area contributed by atoms with Crippen molar-refractivity contribution in [2.24, 2.45) is 5.92 Å². The van der Waals surface area contributed by atoms with Crippen LogP contribution in [0.25, 0.3) is 0 Å².